The lowest BCUT2D eigenvalue weighted by Gasteiger charge is -2.39. The van der Waals surface area contributed by atoms with Gasteiger partial charge in [-0.3, -0.25) is 9.69 Å². The number of hydrogen-bond acceptors (Lipinski definition) is 3. The fourth-order valence-electron chi connectivity index (χ4n) is 3.06. The lowest BCUT2D eigenvalue weighted by atomic mass is 9.99. The minimum atomic E-state index is -0.116. The second kappa shape index (κ2) is 10.9. The number of nitrogens with zero attached hydrogens (tertiary/aromatic N) is 2. The molecule has 3 atom stereocenters. The van der Waals surface area contributed by atoms with Gasteiger partial charge in [0, 0.05) is 32.2 Å². The molecular weight excluding hydrogens is 345 g/mol. The van der Waals surface area contributed by atoms with Crippen LogP contribution in [0.3, 0.4) is 0 Å². The average Bonchev–Trinajstić information content (AvgIpc) is 2.54. The predicted octanol–water partition coefficient (Wildman–Crippen LogP) is 2.94. The van der Waals surface area contributed by atoms with Gasteiger partial charge < -0.3 is 10.6 Å². The van der Waals surface area contributed by atoms with Crippen molar-refractivity contribution in [3.63, 3.8) is 0 Å². The van der Waals surface area contributed by atoms with Crippen LogP contribution in [0.5, 0.6) is 0 Å². The highest BCUT2D eigenvalue weighted by atomic mass is 35.5. The fourth-order valence-corrected chi connectivity index (χ4v) is 3.06. The fraction of sp³-hybridized carbons (Fsp3) is 0.611. The standard InChI is InChI=1S/C18H29N3O.2ClH/c1-14(15(2)19)18(22)20(3)17-10-7-11-21(13-17)12-16-8-5-4-6-9-16;;/h4-6,8-9,14-15,17H,7,10-13,19H2,1-3H3;2*1H. The second-order valence-electron chi connectivity index (χ2n) is 6.61. The summed E-state index contributed by atoms with van der Waals surface area (Å²) in [7, 11) is 1.93. The van der Waals surface area contributed by atoms with Crippen LogP contribution in [0.1, 0.15) is 32.3 Å². The topological polar surface area (TPSA) is 49.6 Å². The van der Waals surface area contributed by atoms with E-state index in [0.717, 1.165) is 32.5 Å². The molecule has 4 nitrogen and oxygen atoms in total. The number of likely N-dealkylation sites (N-methyl/N-ethyl adjacent to an activating group) is 1. The molecule has 1 aromatic carbocycles. The van der Waals surface area contributed by atoms with E-state index >= 15 is 0 Å². The van der Waals surface area contributed by atoms with Crippen molar-refractivity contribution in [2.24, 2.45) is 11.7 Å². The number of nitrogens with two attached hydrogens (primary N) is 1. The maximum absolute atomic E-state index is 12.5. The highest BCUT2D eigenvalue weighted by Crippen LogP contribution is 2.19. The van der Waals surface area contributed by atoms with Gasteiger partial charge in [0.2, 0.25) is 5.91 Å². The monoisotopic (exact) mass is 375 g/mol. The van der Waals surface area contributed by atoms with E-state index in [1.54, 1.807) is 0 Å². The Bertz CT molecular complexity index is 484. The van der Waals surface area contributed by atoms with Gasteiger partial charge in [-0.1, -0.05) is 37.3 Å². The highest BCUT2D eigenvalue weighted by Gasteiger charge is 2.29. The molecule has 0 spiro atoms. The molecule has 2 rings (SSSR count). The number of piperidine rings is 1. The van der Waals surface area contributed by atoms with Gasteiger partial charge in [-0.25, -0.2) is 0 Å². The summed E-state index contributed by atoms with van der Waals surface area (Å²) in [4.78, 5) is 16.8. The Kier molecular flexibility index (Phi) is 10.6. The maximum Gasteiger partial charge on any atom is 0.226 e. The van der Waals surface area contributed by atoms with Crippen LogP contribution in [-0.4, -0.2) is 47.9 Å². The van der Waals surface area contributed by atoms with Crippen molar-refractivity contribution in [1.29, 1.82) is 0 Å². The van der Waals surface area contributed by atoms with Gasteiger partial charge in [-0.05, 0) is 31.9 Å². The normalized spacial score (nSPS) is 20.2. The number of benzene rings is 1. The molecule has 1 heterocycles. The zero-order chi connectivity index (χ0) is 16.1. The average molecular weight is 376 g/mol. The molecule has 2 N–H and O–H groups in total. The molecule has 0 aliphatic carbocycles. The number of rotatable bonds is 5. The second-order valence-corrected chi connectivity index (χ2v) is 6.61. The van der Waals surface area contributed by atoms with Crippen molar-refractivity contribution in [3.05, 3.63) is 35.9 Å². The molecule has 1 aliphatic heterocycles. The van der Waals surface area contributed by atoms with Gasteiger partial charge in [0.15, 0.2) is 0 Å². The van der Waals surface area contributed by atoms with Crippen LogP contribution in [0.15, 0.2) is 30.3 Å². The molecule has 0 radical (unpaired) electrons. The van der Waals surface area contributed by atoms with E-state index in [4.69, 9.17) is 5.73 Å². The van der Waals surface area contributed by atoms with E-state index in [-0.39, 0.29) is 42.7 Å². The largest absolute Gasteiger partial charge is 0.341 e. The molecule has 0 aromatic heterocycles. The SMILES string of the molecule is CC(N)C(C)C(=O)N(C)C1CCCN(Cc2ccccc2)C1.Cl.Cl. The summed E-state index contributed by atoms with van der Waals surface area (Å²) in [6.07, 6.45) is 2.22. The van der Waals surface area contributed by atoms with Crippen molar-refractivity contribution >= 4 is 30.7 Å². The molecule has 1 fully saturated rings. The van der Waals surface area contributed by atoms with Crippen molar-refractivity contribution in [1.82, 2.24) is 9.80 Å². The third-order valence-corrected chi connectivity index (χ3v) is 4.80. The quantitative estimate of drug-likeness (QED) is 0.860. The summed E-state index contributed by atoms with van der Waals surface area (Å²) in [5.74, 6) is 0.0519. The summed E-state index contributed by atoms with van der Waals surface area (Å²) < 4.78 is 0. The number of halogens is 2. The van der Waals surface area contributed by atoms with Crippen LogP contribution in [0.2, 0.25) is 0 Å². The van der Waals surface area contributed by atoms with Gasteiger partial charge in [0.1, 0.15) is 0 Å². The van der Waals surface area contributed by atoms with Gasteiger partial charge in [-0.15, -0.1) is 24.8 Å². The van der Waals surface area contributed by atoms with Crippen molar-refractivity contribution < 1.29 is 4.79 Å². The molecule has 0 bridgehead atoms. The first-order chi connectivity index (χ1) is 10.5. The molecule has 6 heteroatoms. The minimum absolute atomic E-state index is 0. The van der Waals surface area contributed by atoms with Crippen molar-refractivity contribution in [3.8, 4) is 0 Å². The Morgan fingerprint density at radius 1 is 1.29 bits per heavy atom. The lowest BCUT2D eigenvalue weighted by molar-refractivity contribution is -0.137. The van der Waals surface area contributed by atoms with Gasteiger partial charge in [0.25, 0.3) is 0 Å². The van der Waals surface area contributed by atoms with Crippen LogP contribution < -0.4 is 5.73 Å². The van der Waals surface area contributed by atoms with Crippen LogP contribution >= 0.6 is 24.8 Å². The van der Waals surface area contributed by atoms with Crippen LogP contribution in [-0.2, 0) is 11.3 Å². The van der Waals surface area contributed by atoms with Crippen LogP contribution in [0.4, 0.5) is 0 Å². The van der Waals surface area contributed by atoms with Gasteiger partial charge in [0.05, 0.1) is 5.92 Å². The highest BCUT2D eigenvalue weighted by molar-refractivity contribution is 5.85. The summed E-state index contributed by atoms with van der Waals surface area (Å²) in [5.41, 5.74) is 7.21. The first-order valence-corrected chi connectivity index (χ1v) is 8.27. The molecule has 1 amide bonds. The summed E-state index contributed by atoms with van der Waals surface area (Å²) in [5, 5.41) is 0. The summed E-state index contributed by atoms with van der Waals surface area (Å²) in [6, 6.07) is 10.7. The van der Waals surface area contributed by atoms with Gasteiger partial charge >= 0.3 is 0 Å². The molecule has 1 aromatic rings. The Morgan fingerprint density at radius 2 is 1.92 bits per heavy atom. The van der Waals surface area contributed by atoms with E-state index in [9.17, 15) is 4.79 Å². The Morgan fingerprint density at radius 3 is 2.50 bits per heavy atom. The molecule has 1 aliphatic rings. The minimum Gasteiger partial charge on any atom is -0.341 e. The van der Waals surface area contributed by atoms with Crippen LogP contribution in [0.25, 0.3) is 0 Å². The number of amides is 1. The zero-order valence-electron chi connectivity index (χ0n) is 14.9. The zero-order valence-corrected chi connectivity index (χ0v) is 16.5. The molecule has 1 saturated heterocycles. The smallest absolute Gasteiger partial charge is 0.226 e. The van der Waals surface area contributed by atoms with E-state index in [1.807, 2.05) is 31.9 Å². The molecular formula is C18H31Cl2N3O. The summed E-state index contributed by atoms with van der Waals surface area (Å²) in [6.45, 7) is 6.84. The molecule has 138 valence electrons. The first-order valence-electron chi connectivity index (χ1n) is 8.27. The van der Waals surface area contributed by atoms with Gasteiger partial charge in [-0.2, -0.15) is 0 Å². The number of carbonyl (C=O) groups is 1. The third kappa shape index (κ3) is 6.25. The molecule has 0 saturated carbocycles. The van der Waals surface area contributed by atoms with E-state index < -0.39 is 0 Å². The predicted molar refractivity (Wildman–Crippen MR) is 105 cm³/mol. The molecule has 3 unspecified atom stereocenters. The maximum atomic E-state index is 12.5. The number of carbonyl (C=O) groups excluding carboxylic acids is 1. The third-order valence-electron chi connectivity index (χ3n) is 4.80. The Hall–Kier alpha value is -0.810. The van der Waals surface area contributed by atoms with E-state index in [0.29, 0.717) is 6.04 Å². The lowest BCUT2D eigenvalue weighted by Crippen LogP contribution is -2.51. The van der Waals surface area contributed by atoms with Crippen molar-refractivity contribution in [2.45, 2.75) is 45.3 Å². The van der Waals surface area contributed by atoms with E-state index in [1.165, 1.54) is 5.56 Å². The number of hydrogen-bond donors (Lipinski definition) is 1. The number of likely N-dealkylation sites (tertiary alicyclic amines) is 1. The van der Waals surface area contributed by atoms with Crippen molar-refractivity contribution in [2.75, 3.05) is 20.1 Å². The van der Waals surface area contributed by atoms with Crippen LogP contribution in [0, 0.1) is 5.92 Å². The summed E-state index contributed by atoms with van der Waals surface area (Å²) >= 11 is 0. The first kappa shape index (κ1) is 23.2. The Labute approximate surface area is 158 Å². The Balaban J connectivity index is 0.00000264. The molecule has 24 heavy (non-hydrogen) atoms. The van der Waals surface area contributed by atoms with E-state index in [2.05, 4.69) is 29.2 Å².